The van der Waals surface area contributed by atoms with Crippen molar-refractivity contribution in [3.8, 4) is 11.6 Å². The van der Waals surface area contributed by atoms with Gasteiger partial charge in [-0.2, -0.15) is 26.3 Å². The van der Waals surface area contributed by atoms with Crippen molar-refractivity contribution in [3.05, 3.63) is 58.6 Å². The zero-order valence-corrected chi connectivity index (χ0v) is 25.7. The van der Waals surface area contributed by atoms with E-state index in [0.717, 1.165) is 11.1 Å². The molecule has 0 spiro atoms. The number of halogens is 6. The highest BCUT2D eigenvalue weighted by Gasteiger charge is 2.59. The molecule has 246 valence electrons. The number of carbonyl (C=O) groups is 1. The summed E-state index contributed by atoms with van der Waals surface area (Å²) in [4.78, 5) is 19.3. The van der Waals surface area contributed by atoms with Crippen LogP contribution in [-0.4, -0.2) is 43.8 Å². The second-order valence-corrected chi connectivity index (χ2v) is 12.2. The van der Waals surface area contributed by atoms with Crippen LogP contribution in [0.4, 0.5) is 32.0 Å². The van der Waals surface area contributed by atoms with Crippen molar-refractivity contribution in [2.75, 3.05) is 12.3 Å². The lowest BCUT2D eigenvalue weighted by Gasteiger charge is -2.34. The second-order valence-electron chi connectivity index (χ2n) is 12.2. The summed E-state index contributed by atoms with van der Waals surface area (Å²) >= 11 is 0. The Labute approximate surface area is 257 Å². The van der Waals surface area contributed by atoms with Gasteiger partial charge in [0.15, 0.2) is 5.69 Å². The fourth-order valence-electron chi connectivity index (χ4n) is 5.51. The van der Waals surface area contributed by atoms with E-state index in [0.29, 0.717) is 18.9 Å². The van der Waals surface area contributed by atoms with Gasteiger partial charge in [-0.3, -0.25) is 4.79 Å². The molecule has 3 aromatic rings. The van der Waals surface area contributed by atoms with E-state index in [1.807, 2.05) is 58.9 Å². The van der Waals surface area contributed by atoms with Crippen molar-refractivity contribution in [2.45, 2.75) is 102 Å². The number of amides is 1. The molecule has 0 saturated heterocycles. The first-order chi connectivity index (χ1) is 20.9. The Morgan fingerprint density at radius 3 is 2.07 bits per heavy atom. The summed E-state index contributed by atoms with van der Waals surface area (Å²) in [6.45, 7) is 10.1. The van der Waals surface area contributed by atoms with Crippen LogP contribution in [0.25, 0.3) is 11.6 Å². The number of benzene rings is 1. The van der Waals surface area contributed by atoms with E-state index >= 15 is 0 Å². The summed E-state index contributed by atoms with van der Waals surface area (Å²) in [6, 6.07) is 8.01. The molecule has 5 rings (SSSR count). The lowest BCUT2D eigenvalue weighted by atomic mass is 9.86. The van der Waals surface area contributed by atoms with E-state index in [-0.39, 0.29) is 31.2 Å². The number of alkyl halides is 6. The van der Waals surface area contributed by atoms with Gasteiger partial charge in [-0.25, -0.2) is 4.98 Å². The van der Waals surface area contributed by atoms with Crippen LogP contribution in [0, 0.1) is 0 Å². The third-order valence-electron chi connectivity index (χ3n) is 8.20. The van der Waals surface area contributed by atoms with Crippen molar-refractivity contribution in [3.63, 3.8) is 0 Å². The van der Waals surface area contributed by atoms with Gasteiger partial charge in [-0.1, -0.05) is 65.3 Å². The molecule has 0 radical (unpaired) electrons. The van der Waals surface area contributed by atoms with Crippen LogP contribution < -0.4 is 5.73 Å². The number of nitrogen functional groups attached to an aromatic ring is 1. The van der Waals surface area contributed by atoms with Crippen LogP contribution in [-0.2, 0) is 22.7 Å². The monoisotopic (exact) mass is 641 g/mol. The van der Waals surface area contributed by atoms with E-state index < -0.39 is 70.2 Å². The molecule has 1 aliphatic heterocycles. The van der Waals surface area contributed by atoms with Crippen molar-refractivity contribution >= 4 is 11.6 Å². The van der Waals surface area contributed by atoms with Crippen LogP contribution in [0.5, 0.6) is 0 Å². The lowest BCUT2D eigenvalue weighted by Crippen LogP contribution is -2.43. The molecule has 14 heteroatoms. The number of hydrogen-bond acceptors (Lipinski definition) is 7. The molecule has 2 aliphatic rings. The Morgan fingerprint density at radius 1 is 0.911 bits per heavy atom. The molecule has 1 fully saturated rings. The normalized spacial score (nSPS) is 20.6. The zero-order valence-electron chi connectivity index (χ0n) is 25.7. The quantitative estimate of drug-likeness (QED) is 0.278. The van der Waals surface area contributed by atoms with Crippen LogP contribution in [0.2, 0.25) is 0 Å². The maximum atomic E-state index is 14.3. The van der Waals surface area contributed by atoms with Gasteiger partial charge >= 0.3 is 12.4 Å². The topological polar surface area (TPSA) is 118 Å². The number of pyridine rings is 1. The number of nitrogens with two attached hydrogens (primary N) is 1. The van der Waals surface area contributed by atoms with E-state index in [2.05, 4.69) is 15.2 Å². The minimum atomic E-state index is -5.20. The van der Waals surface area contributed by atoms with Gasteiger partial charge in [-0.05, 0) is 54.7 Å². The predicted molar refractivity (Wildman–Crippen MR) is 154 cm³/mol. The van der Waals surface area contributed by atoms with Crippen molar-refractivity contribution in [2.24, 2.45) is 0 Å². The molecule has 1 amide bonds. The molecule has 3 heterocycles. The van der Waals surface area contributed by atoms with Gasteiger partial charge in [-0.15, -0.1) is 10.2 Å². The highest BCUT2D eigenvalue weighted by Crippen LogP contribution is 2.52. The molecule has 3 N–H and O–H groups in total. The molecule has 2 aromatic heterocycles. The molecule has 1 atom stereocenters. The number of aliphatic hydroxyl groups is 1. The molecule has 8 nitrogen and oxygen atoms in total. The number of nitrogens with zero attached hydrogens (tertiary/aromatic N) is 4. The van der Waals surface area contributed by atoms with Crippen LogP contribution in [0.15, 0.2) is 34.7 Å². The summed E-state index contributed by atoms with van der Waals surface area (Å²) in [7, 11) is 0. The molecule has 1 aromatic carbocycles. The Bertz CT molecular complexity index is 1520. The molecule has 1 unspecified atom stereocenters. The third kappa shape index (κ3) is 6.38. The number of anilines is 1. The number of aromatic nitrogens is 3. The van der Waals surface area contributed by atoms with Crippen molar-refractivity contribution < 1.29 is 40.7 Å². The highest BCUT2D eigenvalue weighted by molar-refractivity contribution is 5.96. The van der Waals surface area contributed by atoms with Gasteiger partial charge in [0, 0.05) is 6.54 Å². The molecule has 45 heavy (non-hydrogen) atoms. The van der Waals surface area contributed by atoms with Gasteiger partial charge in [0.2, 0.25) is 5.60 Å². The molecular weight excluding hydrogens is 604 g/mol. The van der Waals surface area contributed by atoms with Crippen molar-refractivity contribution in [1.82, 2.24) is 20.1 Å². The Morgan fingerprint density at radius 2 is 1.53 bits per heavy atom. The lowest BCUT2D eigenvalue weighted by molar-refractivity contribution is -0.277. The standard InChI is InChI=1S/C29H31F6N5O3.C2H6/c1-25(2,3)16-7-9-17(10-8-16)26(12-13-26)40-14-6-4-5-11-27(42,29(33,34)35)24-39-38-22(43-24)21-19(36)15-18(28(30,31)32)20(37-21)23(40)41;1-2/h7-10,15,42H,4-6,11-14,36H2,1-3H3;1-2H3. The first-order valence-corrected chi connectivity index (χ1v) is 14.8. The summed E-state index contributed by atoms with van der Waals surface area (Å²) in [5, 5.41) is 17.5. The average molecular weight is 642 g/mol. The predicted octanol–water partition coefficient (Wildman–Crippen LogP) is 7.51. The zero-order chi connectivity index (χ0) is 33.6. The number of hydrogen-bond donors (Lipinski definition) is 2. The summed E-state index contributed by atoms with van der Waals surface area (Å²) in [5.41, 5.74) is -0.635. The first kappa shape index (κ1) is 34.2. The van der Waals surface area contributed by atoms with Crippen molar-refractivity contribution in [1.29, 1.82) is 0 Å². The number of fused-ring (bicyclic) bond motifs is 5. The Hall–Kier alpha value is -3.68. The van der Waals surface area contributed by atoms with Gasteiger partial charge in [0.05, 0.1) is 16.8 Å². The minimum Gasteiger partial charge on any atom is -0.416 e. The fourth-order valence-corrected chi connectivity index (χ4v) is 5.51. The van der Waals surface area contributed by atoms with Gasteiger partial charge in [0.1, 0.15) is 5.69 Å². The highest BCUT2D eigenvalue weighted by atomic mass is 19.4. The SMILES string of the molecule is CC.CC(C)(C)c1ccc(C2(N3CCCCCC(O)(C(F)(F)F)c4nnc(o4)-c4nc(c(C(F)(F)F)cc4N)C3=O)CC2)cc1. The van der Waals surface area contributed by atoms with Crippen LogP contribution >= 0.6 is 0 Å². The molecule has 4 bridgehead atoms. The maximum Gasteiger partial charge on any atom is 0.426 e. The van der Waals surface area contributed by atoms with Crippen LogP contribution in [0.1, 0.15) is 106 Å². The summed E-state index contributed by atoms with van der Waals surface area (Å²) in [6.07, 6.45) is -9.99. The Balaban J connectivity index is 0.00000226. The molecule has 1 aliphatic carbocycles. The third-order valence-corrected chi connectivity index (χ3v) is 8.20. The first-order valence-electron chi connectivity index (χ1n) is 14.8. The maximum absolute atomic E-state index is 14.3. The minimum absolute atomic E-state index is 0.0542. The fraction of sp³-hybridized carbons (Fsp3) is 0.548. The Kier molecular flexibility index (Phi) is 9.06. The van der Waals surface area contributed by atoms with E-state index in [4.69, 9.17) is 10.2 Å². The van der Waals surface area contributed by atoms with E-state index in [9.17, 15) is 36.2 Å². The molecular formula is C31H37F6N5O3. The second kappa shape index (κ2) is 11.9. The van der Waals surface area contributed by atoms with Gasteiger partial charge < -0.3 is 20.2 Å². The summed E-state index contributed by atoms with van der Waals surface area (Å²) < 4.78 is 90.0. The molecule has 1 saturated carbocycles. The van der Waals surface area contributed by atoms with E-state index in [1.54, 1.807) is 0 Å². The smallest absolute Gasteiger partial charge is 0.416 e. The summed E-state index contributed by atoms with van der Waals surface area (Å²) in [5.74, 6) is -2.96. The number of rotatable bonds is 2. The van der Waals surface area contributed by atoms with Gasteiger partial charge in [0.25, 0.3) is 17.7 Å². The number of carbonyl (C=O) groups excluding carboxylic acids is 1. The largest absolute Gasteiger partial charge is 0.426 e. The van der Waals surface area contributed by atoms with E-state index in [1.165, 1.54) is 4.90 Å². The van der Waals surface area contributed by atoms with Crippen LogP contribution in [0.3, 0.4) is 0 Å². The average Bonchev–Trinajstić information content (AvgIpc) is 3.61.